The lowest BCUT2D eigenvalue weighted by atomic mass is 10.3. The Morgan fingerprint density at radius 1 is 1.60 bits per heavy atom. The van der Waals surface area contributed by atoms with Gasteiger partial charge in [-0.3, -0.25) is 0 Å². The molecule has 0 atom stereocenters. The van der Waals surface area contributed by atoms with Gasteiger partial charge in [-0.2, -0.15) is 0 Å². The predicted molar refractivity (Wildman–Crippen MR) is 43.6 cm³/mol. The van der Waals surface area contributed by atoms with E-state index in [2.05, 4.69) is 6.92 Å². The average Bonchev–Trinajstić information content (AvgIpc) is 1.89. The molecule has 2 nitrogen and oxygen atoms in total. The molecule has 0 saturated heterocycles. The Hall–Kier alpha value is -0.760. The van der Waals surface area contributed by atoms with Crippen molar-refractivity contribution in [2.75, 3.05) is 13.7 Å². The van der Waals surface area contributed by atoms with Crippen molar-refractivity contribution in [3.63, 3.8) is 0 Å². The molecular formula is C8H15NO. The van der Waals surface area contributed by atoms with Crippen LogP contribution >= 0.6 is 0 Å². The second-order valence-corrected chi connectivity index (χ2v) is 2.01. The smallest absolute Gasteiger partial charge is 0.0856 e. The Bertz CT molecular complexity index is 127. The molecule has 0 unspecified atom stereocenters. The molecule has 0 aliphatic heterocycles. The maximum absolute atomic E-state index is 5.51. The van der Waals surface area contributed by atoms with Crippen molar-refractivity contribution >= 4 is 0 Å². The van der Waals surface area contributed by atoms with Crippen LogP contribution in [0, 0.1) is 0 Å². The minimum absolute atomic E-state index is 0.508. The summed E-state index contributed by atoms with van der Waals surface area (Å²) in [6.45, 7) is 2.59. The highest BCUT2D eigenvalue weighted by Gasteiger charge is 1.82. The van der Waals surface area contributed by atoms with Gasteiger partial charge < -0.3 is 10.5 Å². The first-order valence-corrected chi connectivity index (χ1v) is 3.41. The number of rotatable bonds is 4. The number of nitrogens with two attached hydrogens (primary N) is 1. The third kappa shape index (κ3) is 5.38. The second-order valence-electron chi connectivity index (χ2n) is 2.01. The molecule has 0 radical (unpaired) electrons. The van der Waals surface area contributed by atoms with Gasteiger partial charge in [0.05, 0.1) is 6.61 Å². The van der Waals surface area contributed by atoms with Gasteiger partial charge in [0.25, 0.3) is 0 Å². The van der Waals surface area contributed by atoms with Gasteiger partial charge in [0.15, 0.2) is 0 Å². The first-order valence-electron chi connectivity index (χ1n) is 3.41. The third-order valence-corrected chi connectivity index (χ3v) is 0.993. The Balaban J connectivity index is 3.56. The van der Waals surface area contributed by atoms with Crippen molar-refractivity contribution in [2.45, 2.75) is 13.3 Å². The summed E-state index contributed by atoms with van der Waals surface area (Å²) in [6, 6.07) is 0. The van der Waals surface area contributed by atoms with Crippen molar-refractivity contribution in [2.24, 2.45) is 5.73 Å². The fraction of sp³-hybridized carbons (Fsp3) is 0.500. The van der Waals surface area contributed by atoms with Gasteiger partial charge in [0.1, 0.15) is 0 Å². The lowest BCUT2D eigenvalue weighted by molar-refractivity contribution is 0.225. The monoisotopic (exact) mass is 141 g/mol. The summed E-state index contributed by atoms with van der Waals surface area (Å²) in [5, 5.41) is 0. The summed E-state index contributed by atoms with van der Waals surface area (Å²) in [5.74, 6) is 0. The molecule has 0 aromatic rings. The van der Waals surface area contributed by atoms with Crippen molar-refractivity contribution in [1.82, 2.24) is 0 Å². The predicted octanol–water partition coefficient (Wildman–Crippen LogP) is 1.44. The maximum Gasteiger partial charge on any atom is 0.0856 e. The molecule has 0 amide bonds. The van der Waals surface area contributed by atoms with Crippen LogP contribution in [0.3, 0.4) is 0 Å². The summed E-state index contributed by atoms with van der Waals surface area (Å²) in [5.41, 5.74) is 6.27. The number of hydrogen-bond donors (Lipinski definition) is 1. The van der Waals surface area contributed by atoms with Crippen LogP contribution in [0.4, 0.5) is 0 Å². The molecule has 0 aliphatic rings. The molecule has 0 rings (SSSR count). The van der Waals surface area contributed by atoms with Crippen LogP contribution in [-0.2, 0) is 4.74 Å². The summed E-state index contributed by atoms with van der Waals surface area (Å²) in [7, 11) is 1.63. The summed E-state index contributed by atoms with van der Waals surface area (Å²) >= 11 is 0. The molecule has 0 fully saturated rings. The fourth-order valence-corrected chi connectivity index (χ4v) is 0.543. The molecule has 0 heterocycles. The maximum atomic E-state index is 5.51. The van der Waals surface area contributed by atoms with E-state index >= 15 is 0 Å². The molecule has 0 spiro atoms. The van der Waals surface area contributed by atoms with Crippen LogP contribution in [0.1, 0.15) is 13.3 Å². The summed E-state index contributed by atoms with van der Waals surface area (Å²) in [4.78, 5) is 0. The third-order valence-electron chi connectivity index (χ3n) is 0.993. The molecule has 0 bridgehead atoms. The molecule has 2 N–H and O–H groups in total. The lowest BCUT2D eigenvalue weighted by Gasteiger charge is -1.94. The van der Waals surface area contributed by atoms with E-state index in [0.29, 0.717) is 6.61 Å². The zero-order valence-electron chi connectivity index (χ0n) is 6.63. The largest absolute Gasteiger partial charge is 0.400 e. The summed E-state index contributed by atoms with van der Waals surface area (Å²) < 4.78 is 4.81. The molecule has 10 heavy (non-hydrogen) atoms. The Morgan fingerprint density at radius 3 is 2.80 bits per heavy atom. The lowest BCUT2D eigenvalue weighted by Crippen LogP contribution is -2.03. The minimum Gasteiger partial charge on any atom is -0.400 e. The van der Waals surface area contributed by atoms with Crippen molar-refractivity contribution in [1.29, 1.82) is 0 Å². The van der Waals surface area contributed by atoms with Gasteiger partial charge in [-0.15, -0.1) is 0 Å². The SMILES string of the molecule is CCC=C/C=C(/N)COC. The highest BCUT2D eigenvalue weighted by molar-refractivity contribution is 5.09. The topological polar surface area (TPSA) is 35.2 Å². The zero-order chi connectivity index (χ0) is 7.82. The van der Waals surface area contributed by atoms with E-state index in [1.54, 1.807) is 7.11 Å². The van der Waals surface area contributed by atoms with Gasteiger partial charge in [-0.05, 0) is 12.5 Å². The highest BCUT2D eigenvalue weighted by Crippen LogP contribution is 1.87. The first-order chi connectivity index (χ1) is 4.81. The van der Waals surface area contributed by atoms with Crippen LogP contribution < -0.4 is 5.73 Å². The number of methoxy groups -OCH3 is 1. The fourth-order valence-electron chi connectivity index (χ4n) is 0.543. The molecule has 0 aliphatic carbocycles. The van der Waals surface area contributed by atoms with Crippen LogP contribution in [0.2, 0.25) is 0 Å². The van der Waals surface area contributed by atoms with Gasteiger partial charge in [0, 0.05) is 12.8 Å². The molecule has 2 heteroatoms. The number of allylic oxidation sites excluding steroid dienone is 3. The van der Waals surface area contributed by atoms with E-state index in [0.717, 1.165) is 12.1 Å². The average molecular weight is 141 g/mol. The Morgan fingerprint density at radius 2 is 2.30 bits per heavy atom. The van der Waals surface area contributed by atoms with Crippen molar-refractivity contribution < 1.29 is 4.74 Å². The van der Waals surface area contributed by atoms with E-state index in [-0.39, 0.29) is 0 Å². The standard InChI is InChI=1S/C8H15NO/c1-3-4-5-6-8(9)7-10-2/h4-6H,3,7,9H2,1-2H3/b5-4?,8-6+. The van der Waals surface area contributed by atoms with E-state index < -0.39 is 0 Å². The van der Waals surface area contributed by atoms with Gasteiger partial charge >= 0.3 is 0 Å². The molecule has 58 valence electrons. The van der Waals surface area contributed by atoms with E-state index in [4.69, 9.17) is 10.5 Å². The zero-order valence-corrected chi connectivity index (χ0v) is 6.63. The van der Waals surface area contributed by atoms with Gasteiger partial charge in [0.2, 0.25) is 0 Å². The van der Waals surface area contributed by atoms with E-state index in [1.165, 1.54) is 0 Å². The molecular weight excluding hydrogens is 126 g/mol. The van der Waals surface area contributed by atoms with Crippen LogP contribution in [0.15, 0.2) is 23.9 Å². The molecule has 0 aromatic heterocycles. The van der Waals surface area contributed by atoms with Gasteiger partial charge in [-0.25, -0.2) is 0 Å². The summed E-state index contributed by atoms with van der Waals surface area (Å²) in [6.07, 6.45) is 6.88. The van der Waals surface area contributed by atoms with Crippen LogP contribution in [-0.4, -0.2) is 13.7 Å². The first kappa shape index (κ1) is 9.24. The van der Waals surface area contributed by atoms with Gasteiger partial charge in [-0.1, -0.05) is 19.1 Å². The van der Waals surface area contributed by atoms with Crippen molar-refractivity contribution in [3.8, 4) is 0 Å². The Labute approximate surface area is 62.4 Å². The van der Waals surface area contributed by atoms with Crippen LogP contribution in [0.5, 0.6) is 0 Å². The Kier molecular flexibility index (Phi) is 5.88. The van der Waals surface area contributed by atoms with E-state index in [1.807, 2.05) is 18.2 Å². The number of hydrogen-bond acceptors (Lipinski definition) is 2. The quantitative estimate of drug-likeness (QED) is 0.601. The highest BCUT2D eigenvalue weighted by atomic mass is 16.5. The minimum atomic E-state index is 0.508. The van der Waals surface area contributed by atoms with Crippen LogP contribution in [0.25, 0.3) is 0 Å². The van der Waals surface area contributed by atoms with E-state index in [9.17, 15) is 0 Å². The second kappa shape index (κ2) is 6.36. The normalized spacial score (nSPS) is 12.8. The molecule has 0 aromatic carbocycles. The van der Waals surface area contributed by atoms with Crippen molar-refractivity contribution in [3.05, 3.63) is 23.9 Å². The molecule has 0 saturated carbocycles. The number of ether oxygens (including phenoxy) is 1.